The highest BCUT2D eigenvalue weighted by Gasteiger charge is 2.95. The van der Waals surface area contributed by atoms with Crippen molar-refractivity contribution in [3.05, 3.63) is 34.4 Å². The standard InChI is InChI=1S/C12F16/c13-3-1-2(4(14)6(16)5(3)15)8(18,10(21,22)12(26,27)28)7(1,17)9(19,20)11(23,24)25/t7-,8-/m0/s1. The zero-order chi connectivity index (χ0) is 22.5. The number of fused-ring (bicyclic) bond motifs is 1. The number of benzene rings is 1. The Labute approximate surface area is 141 Å². The lowest BCUT2D eigenvalue weighted by atomic mass is 9.56. The molecule has 0 fully saturated rings. The van der Waals surface area contributed by atoms with Crippen molar-refractivity contribution in [3.8, 4) is 0 Å². The lowest BCUT2D eigenvalue weighted by molar-refractivity contribution is -0.420. The molecule has 1 aliphatic carbocycles. The van der Waals surface area contributed by atoms with E-state index in [1.165, 1.54) is 0 Å². The molecule has 0 amide bonds. The highest BCUT2D eigenvalue weighted by Crippen LogP contribution is 2.74. The highest BCUT2D eigenvalue weighted by atomic mass is 19.4. The Morgan fingerprint density at radius 2 is 0.643 bits per heavy atom. The Hall–Kier alpha value is -1.90. The van der Waals surface area contributed by atoms with E-state index in [4.69, 9.17) is 0 Å². The van der Waals surface area contributed by atoms with Gasteiger partial charge in [0.05, 0.1) is 0 Å². The van der Waals surface area contributed by atoms with Crippen molar-refractivity contribution < 1.29 is 70.2 Å². The van der Waals surface area contributed by atoms with E-state index in [0.29, 0.717) is 0 Å². The number of halogens is 16. The molecular formula is C12F16. The van der Waals surface area contributed by atoms with Crippen LogP contribution in [0.4, 0.5) is 70.2 Å². The van der Waals surface area contributed by atoms with Crippen molar-refractivity contribution in [2.75, 3.05) is 0 Å². The molecule has 1 aromatic carbocycles. The Kier molecular flexibility index (Phi) is 4.29. The van der Waals surface area contributed by atoms with Crippen LogP contribution < -0.4 is 0 Å². The van der Waals surface area contributed by atoms with Gasteiger partial charge >= 0.3 is 24.2 Å². The maximum Gasteiger partial charge on any atom is 0.457 e. The second kappa shape index (κ2) is 5.37. The summed E-state index contributed by atoms with van der Waals surface area (Å²) in [6.07, 6.45) is -14.9. The van der Waals surface area contributed by atoms with Gasteiger partial charge < -0.3 is 0 Å². The average molecular weight is 448 g/mol. The fourth-order valence-electron chi connectivity index (χ4n) is 2.70. The van der Waals surface area contributed by atoms with Gasteiger partial charge in [-0.25, -0.2) is 26.3 Å². The first-order chi connectivity index (χ1) is 12.1. The molecule has 1 aliphatic rings. The lowest BCUT2D eigenvalue weighted by Crippen LogP contribution is -2.75. The van der Waals surface area contributed by atoms with Crippen LogP contribution in [-0.2, 0) is 11.3 Å². The van der Waals surface area contributed by atoms with Crippen molar-refractivity contribution >= 4 is 0 Å². The predicted molar refractivity (Wildman–Crippen MR) is 53.8 cm³/mol. The van der Waals surface area contributed by atoms with Crippen LogP contribution in [0, 0.1) is 23.3 Å². The lowest BCUT2D eigenvalue weighted by Gasteiger charge is -2.54. The molecule has 0 aliphatic heterocycles. The Morgan fingerprint density at radius 3 is 0.821 bits per heavy atom. The van der Waals surface area contributed by atoms with Gasteiger partial charge in [-0.15, -0.1) is 0 Å². The molecule has 0 aromatic heterocycles. The first-order valence-electron chi connectivity index (χ1n) is 6.27. The molecular weight excluding hydrogens is 448 g/mol. The molecule has 2 atom stereocenters. The normalized spacial score (nSPS) is 26.1. The zero-order valence-corrected chi connectivity index (χ0v) is 12.0. The van der Waals surface area contributed by atoms with Crippen molar-refractivity contribution in [1.82, 2.24) is 0 Å². The Morgan fingerprint density at radius 1 is 0.429 bits per heavy atom. The molecule has 0 N–H and O–H groups in total. The first kappa shape index (κ1) is 22.4. The molecule has 0 bridgehead atoms. The second-order valence-corrected chi connectivity index (χ2v) is 5.47. The predicted octanol–water partition coefficient (Wildman–Crippen LogP) is 5.98. The van der Waals surface area contributed by atoms with Gasteiger partial charge in [0.1, 0.15) is 0 Å². The molecule has 16 heteroatoms. The maximum absolute atomic E-state index is 14.5. The van der Waals surface area contributed by atoms with Gasteiger partial charge in [-0.1, -0.05) is 0 Å². The average Bonchev–Trinajstić information content (AvgIpc) is 2.51. The van der Waals surface area contributed by atoms with E-state index >= 15 is 0 Å². The zero-order valence-electron chi connectivity index (χ0n) is 12.0. The van der Waals surface area contributed by atoms with Crippen LogP contribution in [0.2, 0.25) is 0 Å². The smallest absolute Gasteiger partial charge is 0.227 e. The van der Waals surface area contributed by atoms with Gasteiger partial charge in [-0.2, -0.15) is 43.9 Å². The van der Waals surface area contributed by atoms with Crippen LogP contribution in [0.5, 0.6) is 0 Å². The molecule has 0 unspecified atom stereocenters. The SMILES string of the molecule is Fc1c(F)c(F)c2c(c1F)[C@@](F)(C(F)(F)C(F)(F)F)[C@]2(F)C(F)(F)C(F)(F)F. The minimum atomic E-state index is -7.58. The van der Waals surface area contributed by atoms with Gasteiger partial charge in [0.25, 0.3) is 11.3 Å². The van der Waals surface area contributed by atoms with Gasteiger partial charge in [0, 0.05) is 11.1 Å². The third-order valence-corrected chi connectivity index (χ3v) is 4.01. The number of alkyl halides is 12. The summed E-state index contributed by atoms with van der Waals surface area (Å²) in [4.78, 5) is 0. The molecule has 0 radical (unpaired) electrons. The van der Waals surface area contributed by atoms with Crippen LogP contribution in [0.25, 0.3) is 0 Å². The molecule has 0 nitrogen and oxygen atoms in total. The summed E-state index contributed by atoms with van der Waals surface area (Å²) >= 11 is 0. The quantitative estimate of drug-likeness (QED) is 0.297. The maximum atomic E-state index is 14.5. The van der Waals surface area contributed by atoms with E-state index in [-0.39, 0.29) is 0 Å². The topological polar surface area (TPSA) is 0 Å². The van der Waals surface area contributed by atoms with E-state index in [9.17, 15) is 70.2 Å². The van der Waals surface area contributed by atoms with E-state index in [1.54, 1.807) is 0 Å². The van der Waals surface area contributed by atoms with Crippen molar-refractivity contribution in [1.29, 1.82) is 0 Å². The van der Waals surface area contributed by atoms with Crippen LogP contribution in [-0.4, -0.2) is 24.2 Å². The summed E-state index contributed by atoms with van der Waals surface area (Å²) in [6.45, 7) is 0. The van der Waals surface area contributed by atoms with Gasteiger partial charge in [-0.05, 0) is 0 Å². The molecule has 0 saturated carbocycles. The highest BCUT2D eigenvalue weighted by molar-refractivity contribution is 5.57. The number of rotatable bonds is 2. The number of hydrogen-bond acceptors (Lipinski definition) is 0. The molecule has 28 heavy (non-hydrogen) atoms. The summed E-state index contributed by atoms with van der Waals surface area (Å²) in [7, 11) is 0. The van der Waals surface area contributed by atoms with Crippen LogP contribution in [0.3, 0.4) is 0 Å². The third-order valence-electron chi connectivity index (χ3n) is 4.01. The van der Waals surface area contributed by atoms with Crippen LogP contribution >= 0.6 is 0 Å². The van der Waals surface area contributed by atoms with Crippen LogP contribution in [0.15, 0.2) is 0 Å². The second-order valence-electron chi connectivity index (χ2n) is 5.47. The Bertz CT molecular complexity index is 763. The van der Waals surface area contributed by atoms with Crippen molar-refractivity contribution in [2.45, 2.75) is 35.5 Å². The fraction of sp³-hybridized carbons (Fsp3) is 0.500. The number of hydrogen-bond donors (Lipinski definition) is 0. The van der Waals surface area contributed by atoms with Gasteiger partial charge in [0.15, 0.2) is 23.3 Å². The minimum Gasteiger partial charge on any atom is -0.227 e. The Balaban J connectivity index is 3.12. The summed E-state index contributed by atoms with van der Waals surface area (Å²) in [5, 5.41) is 0. The minimum absolute atomic E-state index is 3.35. The largest absolute Gasteiger partial charge is 0.457 e. The molecule has 2 rings (SSSR count). The van der Waals surface area contributed by atoms with Gasteiger partial charge in [-0.3, -0.25) is 0 Å². The summed E-state index contributed by atoms with van der Waals surface area (Å²) in [5.41, 5.74) is -21.0. The van der Waals surface area contributed by atoms with Gasteiger partial charge in [0.2, 0.25) is 0 Å². The van der Waals surface area contributed by atoms with Crippen molar-refractivity contribution in [2.24, 2.45) is 0 Å². The molecule has 0 spiro atoms. The summed E-state index contributed by atoms with van der Waals surface area (Å²) in [6, 6.07) is 0. The van der Waals surface area contributed by atoms with E-state index in [2.05, 4.69) is 0 Å². The molecule has 0 saturated heterocycles. The van der Waals surface area contributed by atoms with E-state index in [0.717, 1.165) is 0 Å². The molecule has 1 aromatic rings. The van der Waals surface area contributed by atoms with E-state index < -0.39 is 69.9 Å². The first-order valence-corrected chi connectivity index (χ1v) is 6.27. The molecule has 0 heterocycles. The third kappa shape index (κ3) is 2.06. The fourth-order valence-corrected chi connectivity index (χ4v) is 2.70. The summed E-state index contributed by atoms with van der Waals surface area (Å²) in [5.74, 6) is -29.0. The van der Waals surface area contributed by atoms with Crippen LogP contribution in [0.1, 0.15) is 11.1 Å². The summed E-state index contributed by atoms with van der Waals surface area (Å²) < 4.78 is 210. The van der Waals surface area contributed by atoms with E-state index in [1.807, 2.05) is 0 Å². The monoisotopic (exact) mass is 448 g/mol. The molecule has 160 valence electrons. The van der Waals surface area contributed by atoms with Crippen molar-refractivity contribution in [3.63, 3.8) is 0 Å².